The van der Waals surface area contributed by atoms with Gasteiger partial charge in [-0.25, -0.2) is 0 Å². The smallest absolute Gasteiger partial charge is 0.242 e. The lowest BCUT2D eigenvalue weighted by Crippen LogP contribution is -2.43. The molecule has 0 unspecified atom stereocenters. The molecule has 1 saturated heterocycles. The first-order valence-corrected chi connectivity index (χ1v) is 8.43. The standard InChI is InChI=1S/C20H21N3O/c1-14-5-3-6-17(15(14)2)16-11-19-18(21-12-16)7-10-23(19)13-20(24)22-8-4-9-22/h3,5-7,10-12H,4,8-9,13H2,1-2H3. The molecular formula is C20H21N3O. The van der Waals surface area contributed by atoms with Crippen molar-refractivity contribution in [3.05, 3.63) is 53.9 Å². The van der Waals surface area contributed by atoms with E-state index < -0.39 is 0 Å². The summed E-state index contributed by atoms with van der Waals surface area (Å²) in [6.45, 7) is 6.44. The number of nitrogens with zero attached hydrogens (tertiary/aromatic N) is 3. The predicted molar refractivity (Wildman–Crippen MR) is 95.8 cm³/mol. The zero-order valence-corrected chi connectivity index (χ0v) is 14.1. The van der Waals surface area contributed by atoms with Crippen LogP contribution in [0.3, 0.4) is 0 Å². The highest BCUT2D eigenvalue weighted by Crippen LogP contribution is 2.27. The van der Waals surface area contributed by atoms with Gasteiger partial charge in [-0.15, -0.1) is 0 Å². The maximum absolute atomic E-state index is 12.3. The summed E-state index contributed by atoms with van der Waals surface area (Å²) in [7, 11) is 0. The molecule has 3 heterocycles. The average molecular weight is 319 g/mol. The molecule has 1 fully saturated rings. The van der Waals surface area contributed by atoms with E-state index in [2.05, 4.69) is 43.1 Å². The van der Waals surface area contributed by atoms with Crippen molar-refractivity contribution < 1.29 is 4.79 Å². The second-order valence-corrected chi connectivity index (χ2v) is 6.55. The summed E-state index contributed by atoms with van der Waals surface area (Å²) >= 11 is 0. The number of hydrogen-bond donors (Lipinski definition) is 0. The van der Waals surface area contributed by atoms with Crippen LogP contribution in [-0.4, -0.2) is 33.4 Å². The highest BCUT2D eigenvalue weighted by molar-refractivity contribution is 5.84. The van der Waals surface area contributed by atoms with E-state index in [4.69, 9.17) is 0 Å². The molecule has 122 valence electrons. The summed E-state index contributed by atoms with van der Waals surface area (Å²) in [6.07, 6.45) is 5.00. The molecular weight excluding hydrogens is 298 g/mol. The van der Waals surface area contributed by atoms with Crippen molar-refractivity contribution in [2.75, 3.05) is 13.1 Å². The van der Waals surface area contributed by atoms with Crippen LogP contribution in [0.1, 0.15) is 17.5 Å². The van der Waals surface area contributed by atoms with E-state index in [1.54, 1.807) is 0 Å². The summed E-state index contributed by atoms with van der Waals surface area (Å²) < 4.78 is 2.01. The quantitative estimate of drug-likeness (QED) is 0.740. The highest BCUT2D eigenvalue weighted by Gasteiger charge is 2.20. The zero-order valence-electron chi connectivity index (χ0n) is 14.1. The second kappa shape index (κ2) is 5.78. The molecule has 2 aromatic heterocycles. The van der Waals surface area contributed by atoms with Crippen molar-refractivity contribution in [2.24, 2.45) is 0 Å². The van der Waals surface area contributed by atoms with E-state index in [0.29, 0.717) is 6.54 Å². The molecule has 0 N–H and O–H groups in total. The van der Waals surface area contributed by atoms with Crippen LogP contribution in [0.25, 0.3) is 22.2 Å². The maximum atomic E-state index is 12.3. The third-order valence-electron chi connectivity index (χ3n) is 5.05. The molecule has 4 heteroatoms. The van der Waals surface area contributed by atoms with Gasteiger partial charge in [0.2, 0.25) is 5.91 Å². The van der Waals surface area contributed by atoms with Crippen LogP contribution in [0.15, 0.2) is 42.7 Å². The van der Waals surface area contributed by atoms with Gasteiger partial charge in [-0.05, 0) is 49.1 Å². The van der Waals surface area contributed by atoms with Gasteiger partial charge in [-0.1, -0.05) is 18.2 Å². The van der Waals surface area contributed by atoms with Crippen molar-refractivity contribution in [1.82, 2.24) is 14.5 Å². The molecule has 0 atom stereocenters. The number of aromatic nitrogens is 2. The van der Waals surface area contributed by atoms with Crippen molar-refractivity contribution in [1.29, 1.82) is 0 Å². The van der Waals surface area contributed by atoms with Gasteiger partial charge in [-0.3, -0.25) is 9.78 Å². The number of likely N-dealkylation sites (tertiary alicyclic amines) is 1. The van der Waals surface area contributed by atoms with Crippen LogP contribution < -0.4 is 0 Å². The molecule has 1 aliphatic rings. The molecule has 1 aromatic carbocycles. The Morgan fingerprint density at radius 3 is 2.79 bits per heavy atom. The first-order chi connectivity index (χ1) is 11.6. The van der Waals surface area contributed by atoms with Gasteiger partial charge in [0.15, 0.2) is 0 Å². The largest absolute Gasteiger partial charge is 0.341 e. The number of benzene rings is 1. The molecule has 0 aliphatic carbocycles. The van der Waals surface area contributed by atoms with Gasteiger partial charge in [0.05, 0.1) is 11.0 Å². The number of rotatable bonds is 3. The summed E-state index contributed by atoms with van der Waals surface area (Å²) in [6, 6.07) is 10.5. The number of carbonyl (C=O) groups is 1. The fourth-order valence-corrected chi connectivity index (χ4v) is 3.22. The molecule has 0 spiro atoms. The molecule has 0 saturated carbocycles. The third-order valence-corrected chi connectivity index (χ3v) is 5.05. The molecule has 0 radical (unpaired) electrons. The summed E-state index contributed by atoms with van der Waals surface area (Å²) in [4.78, 5) is 18.8. The number of amides is 1. The SMILES string of the molecule is Cc1cccc(-c2cnc3ccn(CC(=O)N4CCC4)c3c2)c1C. The summed E-state index contributed by atoms with van der Waals surface area (Å²) in [5, 5.41) is 0. The third kappa shape index (κ3) is 2.48. The molecule has 24 heavy (non-hydrogen) atoms. The van der Waals surface area contributed by atoms with E-state index in [1.165, 1.54) is 16.7 Å². The van der Waals surface area contributed by atoms with Crippen LogP contribution in [0.5, 0.6) is 0 Å². The first-order valence-electron chi connectivity index (χ1n) is 8.43. The van der Waals surface area contributed by atoms with Crippen molar-refractivity contribution in [3.8, 4) is 11.1 Å². The minimum atomic E-state index is 0.191. The second-order valence-electron chi connectivity index (χ2n) is 6.55. The Morgan fingerprint density at radius 1 is 1.21 bits per heavy atom. The van der Waals surface area contributed by atoms with Gasteiger partial charge >= 0.3 is 0 Å². The van der Waals surface area contributed by atoms with Gasteiger partial charge in [0, 0.05) is 31.0 Å². The number of aryl methyl sites for hydroxylation is 1. The minimum absolute atomic E-state index is 0.191. The normalized spacial score (nSPS) is 14.0. The van der Waals surface area contributed by atoms with Gasteiger partial charge in [0.25, 0.3) is 0 Å². The van der Waals surface area contributed by atoms with E-state index in [1.807, 2.05) is 27.9 Å². The molecule has 4 nitrogen and oxygen atoms in total. The molecule has 1 aliphatic heterocycles. The van der Waals surface area contributed by atoms with Crippen molar-refractivity contribution >= 4 is 16.9 Å². The monoisotopic (exact) mass is 319 g/mol. The predicted octanol–water partition coefficient (Wildman–Crippen LogP) is 3.55. The van der Waals surface area contributed by atoms with Gasteiger partial charge < -0.3 is 9.47 Å². The van der Waals surface area contributed by atoms with Gasteiger partial charge in [-0.2, -0.15) is 0 Å². The van der Waals surface area contributed by atoms with Crippen LogP contribution in [0, 0.1) is 13.8 Å². The summed E-state index contributed by atoms with van der Waals surface area (Å²) in [5.74, 6) is 0.191. The van der Waals surface area contributed by atoms with Gasteiger partial charge in [0.1, 0.15) is 6.54 Å². The van der Waals surface area contributed by atoms with Crippen LogP contribution in [0.2, 0.25) is 0 Å². The van der Waals surface area contributed by atoms with E-state index in [-0.39, 0.29) is 5.91 Å². The molecule has 0 bridgehead atoms. The molecule has 1 amide bonds. The van der Waals surface area contributed by atoms with Crippen LogP contribution in [-0.2, 0) is 11.3 Å². The average Bonchev–Trinajstić information content (AvgIpc) is 2.90. The van der Waals surface area contributed by atoms with Crippen LogP contribution in [0.4, 0.5) is 0 Å². The Bertz CT molecular complexity index is 922. The lowest BCUT2D eigenvalue weighted by Gasteiger charge is -2.31. The lowest BCUT2D eigenvalue weighted by molar-refractivity contribution is -0.135. The summed E-state index contributed by atoms with van der Waals surface area (Å²) in [5.41, 5.74) is 6.79. The van der Waals surface area contributed by atoms with Crippen molar-refractivity contribution in [3.63, 3.8) is 0 Å². The number of carbonyl (C=O) groups excluding carboxylic acids is 1. The van der Waals surface area contributed by atoms with E-state index >= 15 is 0 Å². The van der Waals surface area contributed by atoms with Crippen molar-refractivity contribution in [2.45, 2.75) is 26.8 Å². The Kier molecular flexibility index (Phi) is 3.60. The Hall–Kier alpha value is -2.62. The number of fused-ring (bicyclic) bond motifs is 1. The first kappa shape index (κ1) is 14.9. The van der Waals surface area contributed by atoms with Crippen LogP contribution >= 0.6 is 0 Å². The zero-order chi connectivity index (χ0) is 16.7. The topological polar surface area (TPSA) is 38.1 Å². The van der Waals surface area contributed by atoms with E-state index in [0.717, 1.165) is 36.1 Å². The lowest BCUT2D eigenvalue weighted by atomic mass is 9.98. The Morgan fingerprint density at radius 2 is 2.04 bits per heavy atom. The minimum Gasteiger partial charge on any atom is -0.341 e. The fraction of sp³-hybridized carbons (Fsp3) is 0.300. The Labute approximate surface area is 141 Å². The van der Waals surface area contributed by atoms with E-state index in [9.17, 15) is 4.79 Å². The Balaban J connectivity index is 1.73. The molecule has 3 aromatic rings. The molecule has 4 rings (SSSR count). The highest BCUT2D eigenvalue weighted by atomic mass is 16.2. The number of pyridine rings is 1. The maximum Gasteiger partial charge on any atom is 0.242 e. The number of hydrogen-bond acceptors (Lipinski definition) is 2. The fourth-order valence-electron chi connectivity index (χ4n) is 3.22.